The van der Waals surface area contributed by atoms with Crippen LogP contribution in [0.4, 0.5) is 0 Å². The van der Waals surface area contributed by atoms with Crippen LogP contribution in [0, 0.1) is 11.8 Å². The second kappa shape index (κ2) is 13.8. The van der Waals surface area contributed by atoms with E-state index in [2.05, 4.69) is 17.4 Å². The van der Waals surface area contributed by atoms with Crippen LogP contribution in [0.25, 0.3) is 5.57 Å². The predicted molar refractivity (Wildman–Crippen MR) is 172 cm³/mol. The predicted octanol–water partition coefficient (Wildman–Crippen LogP) is -2.19. The highest BCUT2D eigenvalue weighted by molar-refractivity contribution is 6.25. The summed E-state index contributed by atoms with van der Waals surface area (Å²) < 4.78 is 0. The molecule has 0 saturated carbocycles. The lowest BCUT2D eigenvalue weighted by atomic mass is 9.56. The summed E-state index contributed by atoms with van der Waals surface area (Å²) in [5, 5.41) is 91.3. The third-order valence-electron chi connectivity index (χ3n) is 8.84. The van der Waals surface area contributed by atoms with E-state index in [0.717, 1.165) is 0 Å². The molecule has 0 heterocycles. The van der Waals surface area contributed by atoms with E-state index in [9.17, 15) is 54.9 Å². The molecule has 0 saturated heterocycles. The first-order chi connectivity index (χ1) is 23.3. The zero-order chi connectivity index (χ0) is 37.6. The van der Waals surface area contributed by atoms with E-state index in [1.54, 1.807) is 0 Å². The van der Waals surface area contributed by atoms with Crippen LogP contribution in [-0.2, 0) is 20.9 Å². The molecular weight excluding hydrogens is 662 g/mol. The van der Waals surface area contributed by atoms with Crippen molar-refractivity contribution in [2.24, 2.45) is 23.3 Å². The Bertz CT molecular complexity index is 1860. The second-order valence-electron chi connectivity index (χ2n) is 12.0. The van der Waals surface area contributed by atoms with Crippen molar-refractivity contribution in [3.8, 4) is 23.0 Å². The first-order valence-electron chi connectivity index (χ1n) is 14.8. The molecule has 0 radical (unpaired) electrons. The van der Waals surface area contributed by atoms with Crippen LogP contribution in [0.5, 0.6) is 23.0 Å². The van der Waals surface area contributed by atoms with Gasteiger partial charge >= 0.3 is 0 Å². The topological polar surface area (TPSA) is 330 Å². The number of primary amides is 1. The fraction of sp³-hybridized carbons (Fsp3) is 0.312. The monoisotopic (exact) mass is 699 g/mol. The lowest BCUT2D eigenvalue weighted by Gasteiger charge is -2.52. The zero-order valence-electron chi connectivity index (χ0n) is 26.7. The number of hydrogen-bond donors (Lipinski definition) is 13. The van der Waals surface area contributed by atoms with Crippen LogP contribution in [0.1, 0.15) is 21.5 Å². The number of nitrogens with zero attached hydrogens (tertiary/aromatic N) is 1. The van der Waals surface area contributed by atoms with Gasteiger partial charge in [-0.05, 0) is 37.4 Å². The minimum atomic E-state index is -2.94. The van der Waals surface area contributed by atoms with E-state index in [0.29, 0.717) is 0 Å². The fourth-order valence-corrected chi connectivity index (χ4v) is 6.37. The van der Waals surface area contributed by atoms with E-state index in [4.69, 9.17) is 21.7 Å². The van der Waals surface area contributed by atoms with Crippen molar-refractivity contribution >= 4 is 29.0 Å². The number of hydrazine groups is 1. The molecule has 1 unspecified atom stereocenters. The van der Waals surface area contributed by atoms with Gasteiger partial charge in [0.15, 0.2) is 22.9 Å². The number of ketones is 2. The maximum Gasteiger partial charge on any atom is 0.255 e. The SMILES string of the molecule is C=C1c2cccc(O)c2C(=O)C2=C(O)[C@]3(O)C(=O)C(C(N)=O)=C(O)[C@@H](N(C)C)[C@@H]3[C@@H](O)[C@H]12.NC(CO)C(=O)NNCc1ccc(O)c(O)c1O. The molecule has 18 heteroatoms. The Kier molecular flexibility index (Phi) is 10.3. The highest BCUT2D eigenvalue weighted by Crippen LogP contribution is 2.54. The highest BCUT2D eigenvalue weighted by Gasteiger charge is 2.67. The van der Waals surface area contributed by atoms with Crippen LogP contribution in [0.2, 0.25) is 0 Å². The Morgan fingerprint density at radius 3 is 2.24 bits per heavy atom. The van der Waals surface area contributed by atoms with Crippen LogP contribution < -0.4 is 22.3 Å². The van der Waals surface area contributed by atoms with Gasteiger partial charge in [-0.1, -0.05) is 24.8 Å². The minimum absolute atomic E-state index is 0.00353. The largest absolute Gasteiger partial charge is 0.510 e. The summed E-state index contributed by atoms with van der Waals surface area (Å²) in [5.74, 6) is -10.9. The number of amides is 2. The molecule has 50 heavy (non-hydrogen) atoms. The number of likely N-dealkylation sites (N-methyl/N-ethyl adjacent to an activating group) is 1. The smallest absolute Gasteiger partial charge is 0.255 e. The lowest BCUT2D eigenvalue weighted by molar-refractivity contribution is -0.159. The summed E-state index contributed by atoms with van der Waals surface area (Å²) >= 11 is 0. The van der Waals surface area contributed by atoms with Crippen molar-refractivity contribution in [1.29, 1.82) is 0 Å². The molecule has 3 aliphatic carbocycles. The van der Waals surface area contributed by atoms with Gasteiger partial charge in [0.05, 0.1) is 35.8 Å². The Hall–Kier alpha value is -5.50. The van der Waals surface area contributed by atoms with E-state index in [1.807, 2.05) is 0 Å². The Labute approximate surface area is 283 Å². The number of carbonyl (C=O) groups excluding carboxylic acids is 4. The third kappa shape index (κ3) is 5.89. The molecule has 0 fully saturated rings. The van der Waals surface area contributed by atoms with Crippen molar-refractivity contribution in [3.63, 3.8) is 0 Å². The lowest BCUT2D eigenvalue weighted by Crippen LogP contribution is -2.68. The van der Waals surface area contributed by atoms with Crippen LogP contribution in [-0.4, -0.2) is 119 Å². The Balaban J connectivity index is 0.000000266. The average Bonchev–Trinajstić information content (AvgIpc) is 3.06. The molecule has 2 aromatic carbocycles. The van der Waals surface area contributed by atoms with Crippen LogP contribution in [0.15, 0.2) is 59.6 Å². The maximum absolute atomic E-state index is 13.3. The molecule has 2 amide bonds. The minimum Gasteiger partial charge on any atom is -0.510 e. The van der Waals surface area contributed by atoms with Crippen molar-refractivity contribution in [1.82, 2.24) is 15.8 Å². The summed E-state index contributed by atoms with van der Waals surface area (Å²) in [5.41, 5.74) is 11.2. The first-order valence-corrected chi connectivity index (χ1v) is 14.8. The summed E-state index contributed by atoms with van der Waals surface area (Å²) in [6.07, 6.45) is -1.69. The number of nitrogens with one attached hydrogen (secondary N) is 2. The highest BCUT2D eigenvalue weighted by atomic mass is 16.4. The molecule has 18 nitrogen and oxygen atoms in total. The van der Waals surface area contributed by atoms with Gasteiger partial charge in [0, 0.05) is 18.0 Å². The molecule has 5 rings (SSSR count). The number of fused-ring (bicyclic) bond motifs is 3. The van der Waals surface area contributed by atoms with Gasteiger partial charge in [0.1, 0.15) is 28.9 Å². The van der Waals surface area contributed by atoms with E-state index in [-0.39, 0.29) is 28.8 Å². The van der Waals surface area contributed by atoms with Crippen molar-refractivity contribution in [2.45, 2.75) is 30.3 Å². The average molecular weight is 700 g/mol. The van der Waals surface area contributed by atoms with Gasteiger partial charge in [-0.2, -0.15) is 0 Å². The number of aliphatic hydroxyl groups excluding tert-OH is 4. The summed E-state index contributed by atoms with van der Waals surface area (Å²) in [6.45, 7) is 3.43. The zero-order valence-corrected chi connectivity index (χ0v) is 26.7. The number of rotatable bonds is 7. The number of aromatic hydroxyl groups is 4. The Morgan fingerprint density at radius 2 is 1.66 bits per heavy atom. The molecule has 0 bridgehead atoms. The number of Topliss-reactive ketones (excluding diaryl/α,β-unsaturated/α-hetero) is 2. The van der Waals surface area contributed by atoms with Gasteiger partial charge < -0.3 is 57.4 Å². The van der Waals surface area contributed by atoms with Crippen LogP contribution >= 0.6 is 0 Å². The maximum atomic E-state index is 13.3. The van der Waals surface area contributed by atoms with Crippen molar-refractivity contribution in [2.75, 3.05) is 20.7 Å². The second-order valence-corrected chi connectivity index (χ2v) is 12.0. The number of carbonyl (C=O) groups is 4. The number of hydrogen-bond acceptors (Lipinski definition) is 16. The standard InChI is InChI=1S/C22H22N2O8.C10H15N3O5/c1-7-8-5-4-6-9(25)11(8)16(26)12-10(7)17(27)14-15(24(2)3)18(28)13(21(23)31)20(30)22(14,32)19(12)29;11-6(4-14)10(18)13-12-3-5-1-2-7(15)9(17)8(5)16/h4-6,10,14-15,17,25,27-29,32H,1H2,2-3H3,(H2,23,31);1-2,6,12,14-17H,3-4,11H2,(H,13,18)/t10-,14-,15+,17+,22+;/m1./s1. The van der Waals surface area contributed by atoms with E-state index in [1.165, 1.54) is 49.3 Å². The van der Waals surface area contributed by atoms with Gasteiger partial charge in [-0.25, -0.2) is 5.43 Å². The third-order valence-corrected chi connectivity index (χ3v) is 8.84. The van der Waals surface area contributed by atoms with Gasteiger partial charge in [-0.3, -0.25) is 29.5 Å². The van der Waals surface area contributed by atoms with E-state index < -0.39 is 111 Å². The van der Waals surface area contributed by atoms with Gasteiger partial charge in [0.25, 0.3) is 11.8 Å². The number of aliphatic hydroxyl groups is 5. The molecule has 2 aromatic rings. The molecule has 0 spiro atoms. The van der Waals surface area contributed by atoms with Crippen LogP contribution in [0.3, 0.4) is 0 Å². The Morgan fingerprint density at radius 1 is 1.02 bits per heavy atom. The normalized spacial score (nSPS) is 24.9. The fourth-order valence-electron chi connectivity index (χ4n) is 6.37. The molecule has 0 aliphatic heterocycles. The number of phenolic OH excluding ortho intramolecular Hbond substituents is 4. The summed E-state index contributed by atoms with van der Waals surface area (Å²) in [4.78, 5) is 50.9. The molecule has 6 atom stereocenters. The molecule has 15 N–H and O–H groups in total. The van der Waals surface area contributed by atoms with E-state index >= 15 is 0 Å². The van der Waals surface area contributed by atoms with Gasteiger partial charge in [-0.15, -0.1) is 0 Å². The quantitative estimate of drug-likeness (QED) is 0.0829. The first kappa shape index (κ1) is 37.3. The molecule has 268 valence electrons. The molecular formula is C32H37N5O13. The number of nitrogens with two attached hydrogens (primary N) is 2. The van der Waals surface area contributed by atoms with Crippen molar-refractivity contribution in [3.05, 3.63) is 76.3 Å². The summed E-state index contributed by atoms with van der Waals surface area (Å²) in [7, 11) is 2.93. The van der Waals surface area contributed by atoms with Crippen molar-refractivity contribution < 1.29 is 65.1 Å². The number of phenols is 4. The molecule has 3 aliphatic rings. The molecule has 0 aromatic heterocycles. The summed E-state index contributed by atoms with van der Waals surface area (Å²) in [6, 6.07) is 4.45. The number of benzene rings is 2. The van der Waals surface area contributed by atoms with Gasteiger partial charge in [0.2, 0.25) is 11.5 Å².